The van der Waals surface area contributed by atoms with Gasteiger partial charge in [-0.1, -0.05) is 6.07 Å². The molecule has 0 unspecified atom stereocenters. The van der Waals surface area contributed by atoms with Crippen molar-refractivity contribution in [2.45, 2.75) is 38.4 Å². The van der Waals surface area contributed by atoms with Crippen molar-refractivity contribution in [1.29, 1.82) is 5.26 Å². The van der Waals surface area contributed by atoms with Crippen LogP contribution in [0.3, 0.4) is 0 Å². The minimum absolute atomic E-state index is 0.145. The van der Waals surface area contributed by atoms with Crippen molar-refractivity contribution in [2.75, 3.05) is 13.1 Å². The topological polar surface area (TPSA) is 27.0 Å². The van der Waals surface area contributed by atoms with Gasteiger partial charge in [0.2, 0.25) is 0 Å². The second-order valence-electron chi connectivity index (χ2n) is 6.65. The summed E-state index contributed by atoms with van der Waals surface area (Å²) in [6.45, 7) is 7.10. The molecule has 1 aromatic carbocycles. The van der Waals surface area contributed by atoms with Crippen molar-refractivity contribution >= 4 is 0 Å². The number of hydrogen-bond donors (Lipinski definition) is 0. The van der Waals surface area contributed by atoms with Gasteiger partial charge in [0.15, 0.2) is 0 Å². The molecule has 6 heteroatoms. The van der Waals surface area contributed by atoms with Crippen molar-refractivity contribution in [2.24, 2.45) is 5.92 Å². The fraction of sp³-hybridized carbons (Fsp3) is 0.562. The summed E-state index contributed by atoms with van der Waals surface area (Å²) < 4.78 is 51.6. The molecular weight excluding hydrogens is 296 g/mol. The van der Waals surface area contributed by atoms with Crippen molar-refractivity contribution in [3.8, 4) is 6.07 Å². The first kappa shape index (κ1) is 16.8. The number of hydrogen-bond acceptors (Lipinski definition) is 2. The van der Waals surface area contributed by atoms with Gasteiger partial charge in [-0.25, -0.2) is 4.39 Å². The zero-order valence-corrected chi connectivity index (χ0v) is 12.7. The van der Waals surface area contributed by atoms with Gasteiger partial charge in [0.05, 0.1) is 17.6 Å². The van der Waals surface area contributed by atoms with Crippen LogP contribution >= 0.6 is 0 Å². The molecule has 1 aliphatic heterocycles. The number of alkyl halides is 3. The normalized spacial score (nSPS) is 23.5. The van der Waals surface area contributed by atoms with Gasteiger partial charge in [-0.2, -0.15) is 18.4 Å². The van der Waals surface area contributed by atoms with Gasteiger partial charge in [0, 0.05) is 24.5 Å². The lowest BCUT2D eigenvalue weighted by Gasteiger charge is -2.31. The van der Waals surface area contributed by atoms with E-state index in [9.17, 15) is 22.8 Å². The van der Waals surface area contributed by atoms with Gasteiger partial charge in [-0.3, -0.25) is 4.90 Å². The summed E-state index contributed by atoms with van der Waals surface area (Å²) in [5, 5.41) is 9.28. The lowest BCUT2D eigenvalue weighted by molar-refractivity contribution is -0.140. The van der Waals surface area contributed by atoms with Gasteiger partial charge in [0.25, 0.3) is 0 Å². The molecule has 0 radical (unpaired) electrons. The van der Waals surface area contributed by atoms with Gasteiger partial charge in [-0.05, 0) is 38.5 Å². The molecule has 1 aliphatic rings. The summed E-state index contributed by atoms with van der Waals surface area (Å²) in [5.74, 6) is -1.91. The Bertz CT molecular complexity index is 596. The molecule has 0 aromatic heterocycles. The Kier molecular flexibility index (Phi) is 4.22. The van der Waals surface area contributed by atoms with E-state index in [-0.39, 0.29) is 17.4 Å². The maximum Gasteiger partial charge on any atom is 0.419 e. The van der Waals surface area contributed by atoms with Crippen molar-refractivity contribution in [1.82, 2.24) is 4.90 Å². The first-order valence-corrected chi connectivity index (χ1v) is 7.05. The summed E-state index contributed by atoms with van der Waals surface area (Å²) in [6, 6.07) is 5.16. The third-order valence-corrected chi connectivity index (χ3v) is 4.16. The molecule has 0 spiro atoms. The summed E-state index contributed by atoms with van der Waals surface area (Å²) in [7, 11) is 0. The second kappa shape index (κ2) is 5.54. The highest BCUT2D eigenvalue weighted by molar-refractivity contribution is 5.31. The first-order chi connectivity index (χ1) is 10.0. The minimum atomic E-state index is -4.70. The zero-order chi connectivity index (χ0) is 16.7. The van der Waals surface area contributed by atoms with E-state index >= 15 is 0 Å². The van der Waals surface area contributed by atoms with Gasteiger partial charge in [0.1, 0.15) is 5.82 Å². The molecule has 1 fully saturated rings. The third kappa shape index (κ3) is 3.25. The molecule has 2 nitrogen and oxygen atoms in total. The Balaban J connectivity index is 2.32. The first-order valence-electron chi connectivity index (χ1n) is 7.05. The Morgan fingerprint density at radius 1 is 1.18 bits per heavy atom. The predicted octanol–water partition coefficient (Wildman–Crippen LogP) is 4.18. The van der Waals surface area contributed by atoms with Gasteiger partial charge < -0.3 is 0 Å². The molecule has 1 heterocycles. The van der Waals surface area contributed by atoms with Crippen LogP contribution in [0.4, 0.5) is 17.6 Å². The lowest BCUT2D eigenvalue weighted by atomic mass is 9.89. The van der Waals surface area contributed by atoms with Crippen molar-refractivity contribution < 1.29 is 17.6 Å². The Morgan fingerprint density at radius 2 is 1.82 bits per heavy atom. The monoisotopic (exact) mass is 314 g/mol. The molecule has 0 saturated carbocycles. The molecule has 2 rings (SSSR count). The maximum atomic E-state index is 13.7. The van der Waals surface area contributed by atoms with Crippen LogP contribution in [0.5, 0.6) is 0 Å². The highest BCUT2D eigenvalue weighted by Crippen LogP contribution is 2.38. The zero-order valence-electron chi connectivity index (χ0n) is 12.7. The number of nitriles is 1. The van der Waals surface area contributed by atoms with E-state index in [1.165, 1.54) is 6.07 Å². The Morgan fingerprint density at radius 3 is 2.27 bits per heavy atom. The van der Waals surface area contributed by atoms with Crippen LogP contribution < -0.4 is 0 Å². The Hall–Kier alpha value is -1.61. The molecule has 0 bridgehead atoms. The predicted molar refractivity (Wildman–Crippen MR) is 74.6 cm³/mol. The number of halogens is 4. The molecule has 1 aromatic rings. The van der Waals surface area contributed by atoms with Crippen molar-refractivity contribution in [3.05, 3.63) is 35.1 Å². The minimum Gasteiger partial charge on any atom is -0.297 e. The van der Waals surface area contributed by atoms with Crippen LogP contribution in [-0.4, -0.2) is 23.5 Å². The lowest BCUT2D eigenvalue weighted by Crippen LogP contribution is -2.39. The van der Waals surface area contributed by atoms with Gasteiger partial charge >= 0.3 is 6.18 Å². The largest absolute Gasteiger partial charge is 0.419 e. The molecule has 1 saturated heterocycles. The van der Waals surface area contributed by atoms with Crippen LogP contribution in [0.25, 0.3) is 0 Å². The Labute approximate surface area is 127 Å². The molecule has 2 atom stereocenters. The van der Waals surface area contributed by atoms with Crippen molar-refractivity contribution in [3.63, 3.8) is 0 Å². The van der Waals surface area contributed by atoms with E-state index in [1.807, 2.05) is 20.8 Å². The standard InChI is InChI=1S/C16H18F4N2/c1-15(2,3)22-8-11(7-21)12(9-22)10-4-5-13(14(17)6-10)16(18,19)20/h4-6,11-12H,8-9H2,1-3H3/t11-,12+/m1/s1. The fourth-order valence-electron chi connectivity index (χ4n) is 2.81. The molecule has 120 valence electrons. The van der Waals surface area contributed by atoms with E-state index in [2.05, 4.69) is 11.0 Å². The average Bonchev–Trinajstić information content (AvgIpc) is 2.80. The molecule has 0 N–H and O–H groups in total. The number of rotatable bonds is 1. The fourth-order valence-corrected chi connectivity index (χ4v) is 2.81. The number of likely N-dealkylation sites (tertiary alicyclic amines) is 1. The van der Waals surface area contributed by atoms with Crippen LogP contribution in [0.1, 0.15) is 37.8 Å². The summed E-state index contributed by atoms with van der Waals surface area (Å²) in [6.07, 6.45) is -4.70. The summed E-state index contributed by atoms with van der Waals surface area (Å²) in [4.78, 5) is 2.10. The van der Waals surface area contributed by atoms with Crippen LogP contribution in [0, 0.1) is 23.1 Å². The van der Waals surface area contributed by atoms with E-state index in [0.29, 0.717) is 18.7 Å². The quantitative estimate of drug-likeness (QED) is 0.727. The number of nitrogens with zero attached hydrogens (tertiary/aromatic N) is 2. The molecule has 22 heavy (non-hydrogen) atoms. The maximum absolute atomic E-state index is 13.7. The summed E-state index contributed by atoms with van der Waals surface area (Å²) in [5.41, 5.74) is -0.965. The van der Waals surface area contributed by atoms with Crippen LogP contribution in [0.15, 0.2) is 18.2 Å². The SMILES string of the molecule is CC(C)(C)N1C[C@@H](C#N)[C@H](c2ccc(C(F)(F)F)c(F)c2)C1. The van der Waals surface area contributed by atoms with Crippen LogP contribution in [-0.2, 0) is 6.18 Å². The molecule has 0 amide bonds. The molecule has 0 aliphatic carbocycles. The van der Waals surface area contributed by atoms with Gasteiger partial charge in [-0.15, -0.1) is 0 Å². The van der Waals surface area contributed by atoms with Crippen LogP contribution in [0.2, 0.25) is 0 Å². The third-order valence-electron chi connectivity index (χ3n) is 4.16. The van der Waals surface area contributed by atoms with E-state index in [1.54, 1.807) is 0 Å². The second-order valence-corrected chi connectivity index (χ2v) is 6.65. The highest BCUT2D eigenvalue weighted by Gasteiger charge is 2.40. The highest BCUT2D eigenvalue weighted by atomic mass is 19.4. The van der Waals surface area contributed by atoms with E-state index < -0.39 is 17.6 Å². The number of benzene rings is 1. The summed E-state index contributed by atoms with van der Waals surface area (Å²) >= 11 is 0. The average molecular weight is 314 g/mol. The van der Waals surface area contributed by atoms with E-state index in [4.69, 9.17) is 0 Å². The van der Waals surface area contributed by atoms with E-state index in [0.717, 1.165) is 12.1 Å². The smallest absolute Gasteiger partial charge is 0.297 e. The molecular formula is C16H18F4N2.